The van der Waals surface area contributed by atoms with Gasteiger partial charge >= 0.3 is 94.9 Å². The van der Waals surface area contributed by atoms with Gasteiger partial charge < -0.3 is 21.8 Å². The van der Waals surface area contributed by atoms with Crippen LogP contribution in [0, 0.1) is 0 Å². The first kappa shape index (κ1) is 67.2. The summed E-state index contributed by atoms with van der Waals surface area (Å²) >= 11 is 0. The molecule has 0 aliphatic carbocycles. The molecule has 0 unspecified atom stereocenters. The Hall–Kier alpha value is -1.04. The molecule has 0 heterocycles. The molecule has 0 saturated carbocycles. The molecule has 0 aliphatic rings. The molecule has 0 bridgehead atoms. The SMILES string of the molecule is CCCCCCCCCCCCCCCCCCOC(=O)CCCCC(=O)OC(=O)/C=C/C(=O)OC(=O)CCCCC(=O)OCCCCCCCCCCCCCCCCCC.[H-].[H-].[Na+].[Na+]. The Morgan fingerprint density at radius 3 is 0.734 bits per heavy atom. The number of carbonyl (C=O) groups is 6. The largest absolute Gasteiger partial charge is 1.00 e. The maximum Gasteiger partial charge on any atom is 1.00 e. The standard InChI is InChI=1S/C52H92O10.2Na.2H/c1-3-5-7-9-11-13-15-17-19-21-23-25-27-29-31-37-45-59-47(53)39-33-35-41-49(55)61-51(57)43-44-52(58)62-50(56)42-36-34-40-48(54)60-46-38-32-30-28-26-24-22-20-18-16-14-12-10-8-6-4-2;;;;/h43-44H,3-42,45-46H2,1-2H3;;;;/q;2*+1;2*-1/b44-43+;;;;. The van der Waals surface area contributed by atoms with Gasteiger partial charge in [0.15, 0.2) is 0 Å². The van der Waals surface area contributed by atoms with Gasteiger partial charge in [0.2, 0.25) is 0 Å². The van der Waals surface area contributed by atoms with E-state index in [1.54, 1.807) is 0 Å². The predicted molar refractivity (Wildman–Crippen MR) is 252 cm³/mol. The number of hydrogen-bond donors (Lipinski definition) is 0. The molecular weight excluding hydrogens is 831 g/mol. The van der Waals surface area contributed by atoms with E-state index in [1.807, 2.05) is 0 Å². The minimum absolute atomic E-state index is 0. The first-order valence-electron chi connectivity index (χ1n) is 25.8. The molecule has 0 aromatic heterocycles. The van der Waals surface area contributed by atoms with Gasteiger partial charge in [0.25, 0.3) is 0 Å². The summed E-state index contributed by atoms with van der Waals surface area (Å²) in [5.74, 6) is -4.29. The van der Waals surface area contributed by atoms with E-state index in [2.05, 4.69) is 23.3 Å². The summed E-state index contributed by atoms with van der Waals surface area (Å²) < 4.78 is 19.9. The number of rotatable bonds is 46. The molecule has 0 N–H and O–H groups in total. The van der Waals surface area contributed by atoms with E-state index in [-0.39, 0.29) is 99.6 Å². The fraction of sp³-hybridized carbons (Fsp3) is 0.846. The number of esters is 6. The van der Waals surface area contributed by atoms with Gasteiger partial charge in [-0.25, -0.2) is 9.59 Å². The van der Waals surface area contributed by atoms with Crippen LogP contribution in [-0.2, 0) is 47.7 Å². The van der Waals surface area contributed by atoms with Gasteiger partial charge in [0, 0.05) is 37.8 Å². The van der Waals surface area contributed by atoms with Gasteiger partial charge in [-0.05, 0) is 38.5 Å². The zero-order valence-electron chi connectivity index (χ0n) is 43.9. The molecule has 0 spiro atoms. The van der Waals surface area contributed by atoms with Crippen LogP contribution in [0.15, 0.2) is 12.2 Å². The molecule has 364 valence electrons. The second kappa shape index (κ2) is 54.6. The van der Waals surface area contributed by atoms with Crippen LogP contribution in [0.3, 0.4) is 0 Å². The van der Waals surface area contributed by atoms with Crippen LogP contribution in [-0.4, -0.2) is 49.0 Å². The van der Waals surface area contributed by atoms with E-state index in [9.17, 15) is 28.8 Å². The molecular formula is C52H94Na2O10. The average molecular weight is 925 g/mol. The summed E-state index contributed by atoms with van der Waals surface area (Å²) in [6.45, 7) is 5.34. The molecule has 0 saturated heterocycles. The third-order valence-corrected chi connectivity index (χ3v) is 11.3. The summed E-state index contributed by atoms with van der Waals surface area (Å²) in [6, 6.07) is 0. The van der Waals surface area contributed by atoms with Gasteiger partial charge in [0.05, 0.1) is 13.2 Å². The minimum Gasteiger partial charge on any atom is -1.00 e. The molecule has 12 heteroatoms. The molecule has 0 aromatic carbocycles. The van der Waals surface area contributed by atoms with Crippen LogP contribution in [0.5, 0.6) is 0 Å². The molecule has 0 radical (unpaired) electrons. The minimum atomic E-state index is -1.06. The molecule has 0 aromatic rings. The first-order valence-corrected chi connectivity index (χ1v) is 25.8. The van der Waals surface area contributed by atoms with Gasteiger partial charge in [-0.2, -0.15) is 0 Å². The Balaban J connectivity index is -0.00000310. The van der Waals surface area contributed by atoms with Crippen molar-refractivity contribution in [2.24, 2.45) is 0 Å². The Labute approximate surface area is 438 Å². The quantitative estimate of drug-likeness (QED) is 0.0146. The number of ether oxygens (including phenoxy) is 4. The van der Waals surface area contributed by atoms with E-state index >= 15 is 0 Å². The molecule has 64 heavy (non-hydrogen) atoms. The fourth-order valence-electron chi connectivity index (χ4n) is 7.42. The Morgan fingerprint density at radius 1 is 0.297 bits per heavy atom. The van der Waals surface area contributed by atoms with Crippen LogP contribution in [0.1, 0.15) is 274 Å². The predicted octanol–water partition coefficient (Wildman–Crippen LogP) is 8.65. The van der Waals surface area contributed by atoms with Crippen molar-refractivity contribution in [2.75, 3.05) is 13.2 Å². The zero-order valence-corrected chi connectivity index (χ0v) is 45.9. The molecule has 0 aliphatic heterocycles. The number of unbranched alkanes of at least 4 members (excludes halogenated alkanes) is 32. The Morgan fingerprint density at radius 2 is 0.500 bits per heavy atom. The molecule has 0 fully saturated rings. The maximum absolute atomic E-state index is 12.0. The summed E-state index contributed by atoms with van der Waals surface area (Å²) in [6.07, 6.45) is 44.4. The zero-order chi connectivity index (χ0) is 45.4. The van der Waals surface area contributed by atoms with Gasteiger partial charge in [0.1, 0.15) is 0 Å². The topological polar surface area (TPSA) is 139 Å². The van der Waals surface area contributed by atoms with E-state index in [1.165, 1.54) is 167 Å². The first-order chi connectivity index (χ1) is 30.3. The Kier molecular flexibility index (Phi) is 57.3. The van der Waals surface area contributed by atoms with Crippen molar-refractivity contribution in [3.8, 4) is 0 Å². The second-order valence-corrected chi connectivity index (χ2v) is 17.4. The smallest absolute Gasteiger partial charge is 1.00 e. The van der Waals surface area contributed by atoms with E-state index < -0.39 is 23.9 Å². The monoisotopic (exact) mass is 925 g/mol. The molecule has 0 amide bonds. The summed E-state index contributed by atoms with van der Waals surface area (Å²) in [4.78, 5) is 71.7. The van der Waals surface area contributed by atoms with Crippen molar-refractivity contribution in [1.82, 2.24) is 0 Å². The number of carbonyl (C=O) groups excluding carboxylic acids is 6. The maximum atomic E-state index is 12.0. The van der Waals surface area contributed by atoms with Crippen molar-refractivity contribution in [2.45, 2.75) is 271 Å². The van der Waals surface area contributed by atoms with Crippen molar-refractivity contribution in [3.05, 3.63) is 12.2 Å². The third-order valence-electron chi connectivity index (χ3n) is 11.3. The van der Waals surface area contributed by atoms with Gasteiger partial charge in [-0.1, -0.05) is 206 Å². The van der Waals surface area contributed by atoms with E-state index in [4.69, 9.17) is 9.47 Å². The Bertz CT molecular complexity index is 1070. The molecule has 0 atom stereocenters. The van der Waals surface area contributed by atoms with Crippen molar-refractivity contribution < 1.29 is 110 Å². The summed E-state index contributed by atoms with van der Waals surface area (Å²) in [7, 11) is 0. The van der Waals surface area contributed by atoms with Crippen molar-refractivity contribution >= 4 is 35.8 Å². The van der Waals surface area contributed by atoms with E-state index in [0.717, 1.165) is 50.7 Å². The van der Waals surface area contributed by atoms with Crippen molar-refractivity contribution in [1.29, 1.82) is 0 Å². The second-order valence-electron chi connectivity index (χ2n) is 17.4. The van der Waals surface area contributed by atoms with Crippen LogP contribution in [0.2, 0.25) is 0 Å². The summed E-state index contributed by atoms with van der Waals surface area (Å²) in [5, 5.41) is 0. The normalized spacial score (nSPS) is 10.8. The number of hydrogen-bond acceptors (Lipinski definition) is 10. The molecule has 0 rings (SSSR count). The van der Waals surface area contributed by atoms with Gasteiger partial charge in [-0.3, -0.25) is 19.2 Å². The third kappa shape index (κ3) is 53.6. The van der Waals surface area contributed by atoms with Crippen LogP contribution >= 0.6 is 0 Å². The van der Waals surface area contributed by atoms with Gasteiger partial charge in [-0.15, -0.1) is 0 Å². The van der Waals surface area contributed by atoms with Crippen molar-refractivity contribution in [3.63, 3.8) is 0 Å². The average Bonchev–Trinajstić information content (AvgIpc) is 3.25. The summed E-state index contributed by atoms with van der Waals surface area (Å²) in [5.41, 5.74) is 0. The van der Waals surface area contributed by atoms with Crippen LogP contribution in [0.25, 0.3) is 0 Å². The fourth-order valence-corrected chi connectivity index (χ4v) is 7.42. The van der Waals surface area contributed by atoms with Crippen LogP contribution in [0.4, 0.5) is 0 Å². The molecule has 10 nitrogen and oxygen atoms in total. The van der Waals surface area contributed by atoms with E-state index in [0.29, 0.717) is 38.9 Å². The van der Waals surface area contributed by atoms with Crippen LogP contribution < -0.4 is 59.1 Å².